The summed E-state index contributed by atoms with van der Waals surface area (Å²) in [5, 5.41) is 0. The number of hydrogen-bond acceptors (Lipinski definition) is 2. The molecule has 1 saturated heterocycles. The Labute approximate surface area is 106 Å². The zero-order valence-corrected chi connectivity index (χ0v) is 10.2. The third-order valence-corrected chi connectivity index (χ3v) is 3.97. The molecule has 3 rings (SSSR count). The SMILES string of the molecule is C=CC(=O)N1C[C@H]2C[C@H](C1)c1cccc(=O)n1C2. The van der Waals surface area contributed by atoms with Crippen LogP contribution < -0.4 is 5.56 Å². The summed E-state index contributed by atoms with van der Waals surface area (Å²) in [6, 6.07) is 5.42. The van der Waals surface area contributed by atoms with Crippen molar-refractivity contribution in [1.82, 2.24) is 9.47 Å². The Kier molecular flexibility index (Phi) is 2.58. The molecule has 0 spiro atoms. The number of rotatable bonds is 1. The zero-order chi connectivity index (χ0) is 12.7. The Morgan fingerprint density at radius 2 is 2.17 bits per heavy atom. The number of hydrogen-bond donors (Lipinski definition) is 0. The predicted molar refractivity (Wildman–Crippen MR) is 68.3 cm³/mol. The fourth-order valence-corrected chi connectivity index (χ4v) is 3.21. The minimum absolute atomic E-state index is 0.00331. The highest BCUT2D eigenvalue weighted by molar-refractivity contribution is 5.87. The first kappa shape index (κ1) is 11.3. The van der Waals surface area contributed by atoms with Gasteiger partial charge in [-0.15, -0.1) is 0 Å². The third-order valence-electron chi connectivity index (χ3n) is 3.97. The van der Waals surface area contributed by atoms with E-state index in [-0.39, 0.29) is 17.4 Å². The van der Waals surface area contributed by atoms with Crippen LogP contribution in [0.4, 0.5) is 0 Å². The van der Waals surface area contributed by atoms with Crippen LogP contribution in [0.5, 0.6) is 0 Å². The van der Waals surface area contributed by atoms with Gasteiger partial charge >= 0.3 is 0 Å². The molecule has 3 heterocycles. The number of nitrogens with zero attached hydrogens (tertiary/aromatic N) is 2. The summed E-state index contributed by atoms with van der Waals surface area (Å²) in [7, 11) is 0. The largest absolute Gasteiger partial charge is 0.338 e. The molecular formula is C14H16N2O2. The summed E-state index contributed by atoms with van der Waals surface area (Å²) in [6.07, 6.45) is 2.45. The molecule has 94 valence electrons. The van der Waals surface area contributed by atoms with E-state index >= 15 is 0 Å². The van der Waals surface area contributed by atoms with Gasteiger partial charge in [-0.25, -0.2) is 0 Å². The van der Waals surface area contributed by atoms with Crippen molar-refractivity contribution < 1.29 is 4.79 Å². The van der Waals surface area contributed by atoms with Gasteiger partial charge in [0.2, 0.25) is 5.91 Å². The lowest BCUT2D eigenvalue weighted by atomic mass is 9.83. The van der Waals surface area contributed by atoms with Gasteiger partial charge in [-0.05, 0) is 24.5 Å². The van der Waals surface area contributed by atoms with Gasteiger partial charge in [0.1, 0.15) is 0 Å². The summed E-state index contributed by atoms with van der Waals surface area (Å²) >= 11 is 0. The number of likely N-dealkylation sites (tertiary alicyclic amines) is 1. The number of pyridine rings is 1. The minimum Gasteiger partial charge on any atom is -0.338 e. The first-order valence-corrected chi connectivity index (χ1v) is 6.30. The van der Waals surface area contributed by atoms with Crippen molar-refractivity contribution in [2.45, 2.75) is 18.9 Å². The molecule has 0 saturated carbocycles. The van der Waals surface area contributed by atoms with E-state index in [1.165, 1.54) is 6.08 Å². The summed E-state index contributed by atoms with van der Waals surface area (Å²) in [6.45, 7) is 5.71. The maximum absolute atomic E-state index is 11.8. The van der Waals surface area contributed by atoms with E-state index in [0.717, 1.165) is 25.2 Å². The highest BCUT2D eigenvalue weighted by atomic mass is 16.2. The Balaban J connectivity index is 1.97. The van der Waals surface area contributed by atoms with Gasteiger partial charge < -0.3 is 9.47 Å². The van der Waals surface area contributed by atoms with Gasteiger partial charge in [0.05, 0.1) is 0 Å². The lowest BCUT2D eigenvalue weighted by molar-refractivity contribution is -0.128. The molecule has 0 aromatic carbocycles. The number of carbonyl (C=O) groups excluding carboxylic acids is 1. The maximum Gasteiger partial charge on any atom is 0.250 e. The standard InChI is InChI=1S/C14H16N2O2/c1-2-13(17)15-7-10-6-11(9-15)12-4-3-5-14(18)16(12)8-10/h2-5,10-11H,1,6-9H2/t10-,11-/m1/s1. The number of fused-ring (bicyclic) bond motifs is 4. The zero-order valence-electron chi connectivity index (χ0n) is 10.2. The second-order valence-electron chi connectivity index (χ2n) is 5.15. The highest BCUT2D eigenvalue weighted by Gasteiger charge is 2.35. The van der Waals surface area contributed by atoms with E-state index in [4.69, 9.17) is 0 Å². The van der Waals surface area contributed by atoms with Gasteiger partial charge in [-0.2, -0.15) is 0 Å². The van der Waals surface area contributed by atoms with Crippen molar-refractivity contribution in [3.8, 4) is 0 Å². The molecule has 1 fully saturated rings. The maximum atomic E-state index is 11.8. The van der Waals surface area contributed by atoms with Gasteiger partial charge in [-0.1, -0.05) is 12.6 Å². The summed E-state index contributed by atoms with van der Waals surface area (Å²) in [5.41, 5.74) is 1.14. The minimum atomic E-state index is -0.00331. The molecule has 2 bridgehead atoms. The molecular weight excluding hydrogens is 228 g/mol. The molecule has 4 nitrogen and oxygen atoms in total. The topological polar surface area (TPSA) is 42.3 Å². The van der Waals surface area contributed by atoms with E-state index in [1.54, 1.807) is 6.07 Å². The van der Waals surface area contributed by atoms with Crippen molar-refractivity contribution in [3.05, 3.63) is 46.9 Å². The molecule has 18 heavy (non-hydrogen) atoms. The molecule has 0 unspecified atom stereocenters. The summed E-state index contributed by atoms with van der Waals surface area (Å²) < 4.78 is 1.87. The van der Waals surface area contributed by atoms with Crippen LogP contribution in [-0.2, 0) is 11.3 Å². The highest BCUT2D eigenvalue weighted by Crippen LogP contribution is 2.34. The monoisotopic (exact) mass is 244 g/mol. The lowest BCUT2D eigenvalue weighted by Crippen LogP contribution is -2.48. The van der Waals surface area contributed by atoms with Crippen molar-refractivity contribution in [1.29, 1.82) is 0 Å². The molecule has 1 aromatic heterocycles. The number of piperidine rings is 1. The van der Waals surface area contributed by atoms with Crippen molar-refractivity contribution in [2.75, 3.05) is 13.1 Å². The second-order valence-corrected chi connectivity index (χ2v) is 5.15. The average molecular weight is 244 g/mol. The lowest BCUT2D eigenvalue weighted by Gasteiger charge is -2.42. The Hall–Kier alpha value is -1.84. The number of aromatic nitrogens is 1. The molecule has 2 aliphatic rings. The van der Waals surface area contributed by atoms with E-state index < -0.39 is 0 Å². The Morgan fingerprint density at radius 1 is 1.33 bits per heavy atom. The number of amides is 1. The summed E-state index contributed by atoms with van der Waals surface area (Å²) in [5.74, 6) is 0.673. The predicted octanol–water partition coefficient (Wildman–Crippen LogP) is 0.980. The normalized spacial score (nSPS) is 25.4. The summed E-state index contributed by atoms with van der Waals surface area (Å²) in [4.78, 5) is 25.4. The van der Waals surface area contributed by atoms with Crippen LogP contribution in [0.3, 0.4) is 0 Å². The molecule has 2 aliphatic heterocycles. The quantitative estimate of drug-likeness (QED) is 0.691. The first-order valence-electron chi connectivity index (χ1n) is 6.30. The molecule has 0 N–H and O–H groups in total. The first-order chi connectivity index (χ1) is 8.69. The van der Waals surface area contributed by atoms with Crippen LogP contribution in [0, 0.1) is 5.92 Å². The molecule has 4 heteroatoms. The molecule has 1 amide bonds. The third kappa shape index (κ3) is 1.68. The number of carbonyl (C=O) groups is 1. The van der Waals surface area contributed by atoms with Crippen LogP contribution in [0.25, 0.3) is 0 Å². The van der Waals surface area contributed by atoms with Crippen LogP contribution >= 0.6 is 0 Å². The molecule has 0 aliphatic carbocycles. The van der Waals surface area contributed by atoms with Gasteiger partial charge in [-0.3, -0.25) is 9.59 Å². The second kappa shape index (κ2) is 4.12. The van der Waals surface area contributed by atoms with Crippen molar-refractivity contribution in [3.63, 3.8) is 0 Å². The van der Waals surface area contributed by atoms with Crippen LogP contribution in [0.1, 0.15) is 18.0 Å². The van der Waals surface area contributed by atoms with E-state index in [1.807, 2.05) is 21.6 Å². The van der Waals surface area contributed by atoms with Gasteiger partial charge in [0, 0.05) is 37.3 Å². The molecule has 1 aromatic rings. The van der Waals surface area contributed by atoms with E-state index in [0.29, 0.717) is 12.5 Å². The van der Waals surface area contributed by atoms with Crippen molar-refractivity contribution >= 4 is 5.91 Å². The fraction of sp³-hybridized carbons (Fsp3) is 0.429. The van der Waals surface area contributed by atoms with Gasteiger partial charge in [0.25, 0.3) is 5.56 Å². The fourth-order valence-electron chi connectivity index (χ4n) is 3.21. The average Bonchev–Trinajstić information content (AvgIpc) is 2.39. The molecule has 0 radical (unpaired) electrons. The van der Waals surface area contributed by atoms with Crippen molar-refractivity contribution in [2.24, 2.45) is 5.92 Å². The van der Waals surface area contributed by atoms with Crippen LogP contribution in [-0.4, -0.2) is 28.5 Å². The molecule has 2 atom stereocenters. The van der Waals surface area contributed by atoms with E-state index in [2.05, 4.69) is 6.58 Å². The van der Waals surface area contributed by atoms with E-state index in [9.17, 15) is 9.59 Å². The Morgan fingerprint density at radius 3 is 2.94 bits per heavy atom. The van der Waals surface area contributed by atoms with Crippen LogP contribution in [0.15, 0.2) is 35.6 Å². The van der Waals surface area contributed by atoms with Gasteiger partial charge in [0.15, 0.2) is 0 Å². The van der Waals surface area contributed by atoms with Crippen LogP contribution in [0.2, 0.25) is 0 Å². The smallest absolute Gasteiger partial charge is 0.250 e. The Bertz CT molecular complexity index is 561.